The second-order valence-electron chi connectivity index (χ2n) is 4.88. The molecule has 0 amide bonds. The normalized spacial score (nSPS) is 13.7. The number of allylic oxidation sites excluding steroid dienone is 2. The van der Waals surface area contributed by atoms with Gasteiger partial charge in [-0.05, 0) is 13.3 Å². The predicted molar refractivity (Wildman–Crippen MR) is 78.4 cm³/mol. The van der Waals surface area contributed by atoms with Crippen molar-refractivity contribution >= 4 is 0 Å². The third kappa shape index (κ3) is 7.83. The van der Waals surface area contributed by atoms with Crippen molar-refractivity contribution in [2.45, 2.75) is 52.6 Å². The number of rotatable bonds is 11. The molecule has 21 heavy (non-hydrogen) atoms. The van der Waals surface area contributed by atoms with Gasteiger partial charge in [-0.2, -0.15) is 8.78 Å². The Bertz CT molecular complexity index is 376. The maximum absolute atomic E-state index is 13.8. The molecule has 0 rings (SSSR count). The van der Waals surface area contributed by atoms with Crippen molar-refractivity contribution in [3.05, 3.63) is 36.6 Å². The van der Waals surface area contributed by atoms with Gasteiger partial charge in [-0.15, -0.1) is 0 Å². The second-order valence-corrected chi connectivity index (χ2v) is 4.88. The highest BCUT2D eigenvalue weighted by Crippen LogP contribution is 2.32. The molecule has 1 unspecified atom stereocenters. The first-order valence-electron chi connectivity index (χ1n) is 7.19. The summed E-state index contributed by atoms with van der Waals surface area (Å²) >= 11 is 0. The van der Waals surface area contributed by atoms with Crippen LogP contribution >= 0.6 is 0 Å². The number of hydrogen-bond donors (Lipinski definition) is 0. The largest absolute Gasteiger partial charge is 0.491 e. The van der Waals surface area contributed by atoms with Crippen LogP contribution in [0.15, 0.2) is 36.6 Å². The standard InChI is InChI=1S/C16H25F3O2/c1-6-8-9-10-12(3)16(18,19)21-13(4)11-15(17)14(5)20-7-2/h11-12H,4-10H2,1-3H3/b15-11+. The molecule has 0 saturated carbocycles. The molecule has 0 aliphatic heterocycles. The van der Waals surface area contributed by atoms with Crippen LogP contribution in [0.3, 0.4) is 0 Å². The fourth-order valence-electron chi connectivity index (χ4n) is 1.64. The Labute approximate surface area is 125 Å². The van der Waals surface area contributed by atoms with Crippen LogP contribution in [0.2, 0.25) is 0 Å². The molecular weight excluding hydrogens is 281 g/mol. The fourth-order valence-corrected chi connectivity index (χ4v) is 1.64. The lowest BCUT2D eigenvalue weighted by molar-refractivity contribution is -0.244. The summed E-state index contributed by atoms with van der Waals surface area (Å²) in [5.74, 6) is -2.54. The van der Waals surface area contributed by atoms with Gasteiger partial charge >= 0.3 is 6.11 Å². The van der Waals surface area contributed by atoms with Crippen LogP contribution < -0.4 is 0 Å². The van der Waals surface area contributed by atoms with E-state index < -0.39 is 23.6 Å². The van der Waals surface area contributed by atoms with Crippen molar-refractivity contribution in [1.82, 2.24) is 0 Å². The van der Waals surface area contributed by atoms with Crippen LogP contribution in [0.25, 0.3) is 0 Å². The summed E-state index contributed by atoms with van der Waals surface area (Å²) < 4.78 is 50.4. The fraction of sp³-hybridized carbons (Fsp3) is 0.625. The van der Waals surface area contributed by atoms with Crippen LogP contribution in [0.1, 0.15) is 46.5 Å². The molecule has 0 fully saturated rings. The molecule has 2 nitrogen and oxygen atoms in total. The van der Waals surface area contributed by atoms with Crippen molar-refractivity contribution < 1.29 is 22.6 Å². The minimum absolute atomic E-state index is 0.234. The Balaban J connectivity index is 4.52. The summed E-state index contributed by atoms with van der Waals surface area (Å²) in [6.07, 6.45) is 0.267. The minimum Gasteiger partial charge on any atom is -0.491 e. The van der Waals surface area contributed by atoms with Gasteiger partial charge in [-0.25, -0.2) is 4.39 Å². The Morgan fingerprint density at radius 1 is 1.24 bits per heavy atom. The lowest BCUT2D eigenvalue weighted by atomic mass is 10.0. The van der Waals surface area contributed by atoms with E-state index in [1.54, 1.807) is 6.92 Å². The van der Waals surface area contributed by atoms with Gasteiger partial charge in [0.05, 0.1) is 12.5 Å². The van der Waals surface area contributed by atoms with E-state index in [1.165, 1.54) is 6.92 Å². The van der Waals surface area contributed by atoms with Gasteiger partial charge in [0.1, 0.15) is 11.5 Å². The third-order valence-corrected chi connectivity index (χ3v) is 2.95. The zero-order chi connectivity index (χ0) is 16.5. The van der Waals surface area contributed by atoms with E-state index in [0.29, 0.717) is 12.8 Å². The molecule has 0 N–H and O–H groups in total. The molecule has 0 radical (unpaired) electrons. The molecule has 0 bridgehead atoms. The monoisotopic (exact) mass is 306 g/mol. The summed E-state index contributed by atoms with van der Waals surface area (Å²) in [6.45, 7) is 11.9. The van der Waals surface area contributed by atoms with Crippen LogP contribution in [0, 0.1) is 5.92 Å². The summed E-state index contributed by atoms with van der Waals surface area (Å²) in [5, 5.41) is 0. The number of ether oxygens (including phenoxy) is 2. The minimum atomic E-state index is -3.38. The SMILES string of the molecule is C=C(/C=C(/F)C(=C)OCC)OC(F)(F)C(C)CCCCC. The smallest absolute Gasteiger partial charge is 0.400 e. The number of halogens is 3. The first-order chi connectivity index (χ1) is 9.74. The van der Waals surface area contributed by atoms with Gasteiger partial charge in [0.15, 0.2) is 5.83 Å². The predicted octanol–water partition coefficient (Wildman–Crippen LogP) is 5.73. The Kier molecular flexibility index (Phi) is 8.90. The second kappa shape index (κ2) is 9.53. The molecule has 1 atom stereocenters. The maximum atomic E-state index is 13.8. The van der Waals surface area contributed by atoms with Crippen molar-refractivity contribution in [1.29, 1.82) is 0 Å². The van der Waals surface area contributed by atoms with Gasteiger partial charge in [0, 0.05) is 6.08 Å². The van der Waals surface area contributed by atoms with Crippen LogP contribution in [-0.2, 0) is 9.47 Å². The summed E-state index contributed by atoms with van der Waals surface area (Å²) in [6, 6.07) is 0. The number of hydrogen-bond acceptors (Lipinski definition) is 2. The molecular formula is C16H25F3O2. The van der Waals surface area contributed by atoms with Crippen LogP contribution in [0.5, 0.6) is 0 Å². The van der Waals surface area contributed by atoms with E-state index in [4.69, 9.17) is 4.74 Å². The van der Waals surface area contributed by atoms with E-state index in [-0.39, 0.29) is 12.4 Å². The highest BCUT2D eigenvalue weighted by atomic mass is 19.3. The van der Waals surface area contributed by atoms with Crippen LogP contribution in [-0.4, -0.2) is 12.7 Å². The lowest BCUT2D eigenvalue weighted by Gasteiger charge is -2.24. The van der Waals surface area contributed by atoms with Gasteiger partial charge < -0.3 is 9.47 Å². The topological polar surface area (TPSA) is 18.5 Å². The van der Waals surface area contributed by atoms with Gasteiger partial charge in [0.25, 0.3) is 0 Å². The van der Waals surface area contributed by atoms with Crippen LogP contribution in [0.4, 0.5) is 13.2 Å². The summed E-state index contributed by atoms with van der Waals surface area (Å²) in [5.41, 5.74) is 0. The maximum Gasteiger partial charge on any atom is 0.400 e. The molecule has 0 aromatic carbocycles. The molecule has 0 saturated heterocycles. The molecule has 5 heteroatoms. The molecule has 0 aliphatic rings. The summed E-state index contributed by atoms with van der Waals surface area (Å²) in [7, 11) is 0. The van der Waals surface area contributed by atoms with Gasteiger partial charge in [0.2, 0.25) is 0 Å². The van der Waals surface area contributed by atoms with Gasteiger partial charge in [-0.1, -0.05) is 46.3 Å². The van der Waals surface area contributed by atoms with Gasteiger partial charge in [-0.3, -0.25) is 0 Å². The molecule has 0 aromatic heterocycles. The van der Waals surface area contributed by atoms with E-state index in [1.807, 2.05) is 6.92 Å². The Morgan fingerprint density at radius 3 is 2.38 bits per heavy atom. The van der Waals surface area contributed by atoms with Crippen molar-refractivity contribution in [3.8, 4) is 0 Å². The number of unbranched alkanes of at least 4 members (excludes halogenated alkanes) is 2. The molecule has 0 heterocycles. The van der Waals surface area contributed by atoms with E-state index in [2.05, 4.69) is 17.9 Å². The third-order valence-electron chi connectivity index (χ3n) is 2.95. The highest BCUT2D eigenvalue weighted by Gasteiger charge is 2.38. The highest BCUT2D eigenvalue weighted by molar-refractivity contribution is 5.23. The quantitative estimate of drug-likeness (QED) is 0.276. The Hall–Kier alpha value is -1.39. The van der Waals surface area contributed by atoms with Crippen molar-refractivity contribution in [3.63, 3.8) is 0 Å². The average molecular weight is 306 g/mol. The summed E-state index contributed by atoms with van der Waals surface area (Å²) in [4.78, 5) is 0. The average Bonchev–Trinajstić information content (AvgIpc) is 2.38. The lowest BCUT2D eigenvalue weighted by Crippen LogP contribution is -2.29. The Morgan fingerprint density at radius 2 is 1.86 bits per heavy atom. The zero-order valence-corrected chi connectivity index (χ0v) is 13.1. The first-order valence-corrected chi connectivity index (χ1v) is 7.19. The number of alkyl halides is 2. The first kappa shape index (κ1) is 19.6. The van der Waals surface area contributed by atoms with Crippen molar-refractivity contribution in [2.24, 2.45) is 5.92 Å². The van der Waals surface area contributed by atoms with Crippen molar-refractivity contribution in [2.75, 3.05) is 6.61 Å². The van der Waals surface area contributed by atoms with E-state index in [9.17, 15) is 13.2 Å². The molecule has 0 aromatic rings. The van der Waals surface area contributed by atoms with E-state index >= 15 is 0 Å². The van der Waals surface area contributed by atoms with E-state index in [0.717, 1.165) is 18.9 Å². The molecule has 122 valence electrons. The molecule has 0 spiro atoms. The zero-order valence-electron chi connectivity index (χ0n) is 13.1. The molecule has 0 aliphatic carbocycles.